The van der Waals surface area contributed by atoms with Crippen molar-refractivity contribution in [3.63, 3.8) is 0 Å². The van der Waals surface area contributed by atoms with Gasteiger partial charge >= 0.3 is 0 Å². The van der Waals surface area contributed by atoms with Crippen molar-refractivity contribution in [3.05, 3.63) is 105 Å². The Balaban J connectivity index is 2.10. The molecule has 0 aliphatic rings. The lowest BCUT2D eigenvalue weighted by Crippen LogP contribution is -2.23. The van der Waals surface area contributed by atoms with Crippen LogP contribution in [0.4, 0.5) is 10.1 Å². The van der Waals surface area contributed by atoms with Crippen LogP contribution >= 0.6 is 35.0 Å². The number of allylic oxidation sites excluding steroid dienone is 1. The maximum atomic E-state index is 13.3. The number of hydrogen-bond donors (Lipinski definition) is 0. The first-order valence-electron chi connectivity index (χ1n) is 9.46. The van der Waals surface area contributed by atoms with E-state index in [4.69, 9.17) is 28.2 Å². The van der Waals surface area contributed by atoms with Gasteiger partial charge in [-0.3, -0.25) is 0 Å². The third kappa shape index (κ3) is 6.58. The summed E-state index contributed by atoms with van der Waals surface area (Å²) >= 11 is 13.9. The molecule has 0 atom stereocenters. The summed E-state index contributed by atoms with van der Waals surface area (Å²) in [6.07, 6.45) is 2.14. The molecular formula is C24H22Cl2FNSSi. The van der Waals surface area contributed by atoms with Crippen molar-refractivity contribution in [2.75, 3.05) is 0 Å². The van der Waals surface area contributed by atoms with Crippen LogP contribution in [0, 0.1) is 5.82 Å². The summed E-state index contributed by atoms with van der Waals surface area (Å²) in [4.78, 5) is 5.89. The van der Waals surface area contributed by atoms with Crippen molar-refractivity contribution in [1.82, 2.24) is 0 Å². The summed E-state index contributed by atoms with van der Waals surface area (Å²) < 4.78 is 14.6. The van der Waals surface area contributed by atoms with Gasteiger partial charge in [0.2, 0.25) is 0 Å². The first kappa shape index (κ1) is 22.8. The van der Waals surface area contributed by atoms with E-state index in [1.165, 1.54) is 16.7 Å². The number of rotatable bonds is 6. The Morgan fingerprint density at radius 1 is 0.900 bits per heavy atom. The van der Waals surface area contributed by atoms with Gasteiger partial charge < -0.3 is 0 Å². The highest BCUT2D eigenvalue weighted by molar-refractivity contribution is 8.05. The number of halogens is 3. The molecule has 0 N–H and O–H groups in total. The number of hydrogen-bond acceptors (Lipinski definition) is 2. The van der Waals surface area contributed by atoms with Crippen LogP contribution in [0.3, 0.4) is 0 Å². The van der Waals surface area contributed by atoms with E-state index in [0.29, 0.717) is 10.0 Å². The Labute approximate surface area is 192 Å². The minimum absolute atomic E-state index is 0.234. The first-order valence-corrected chi connectivity index (χ1v) is 14.5. The highest BCUT2D eigenvalue weighted by Crippen LogP contribution is 2.34. The standard InChI is InChI=1S/C24H22Cl2FNSSi/c1-30(2,3)24(29-22-13-11-20(27)12-14-22)16-23(17-7-9-18(25)10-8-17)28-21-6-4-5-19(26)15-21/h4-16H,1-3H3/b24-16+,28-23?. The zero-order valence-electron chi connectivity index (χ0n) is 17.0. The van der Waals surface area contributed by atoms with Gasteiger partial charge in [-0.2, -0.15) is 0 Å². The zero-order chi connectivity index (χ0) is 21.7. The molecule has 0 amide bonds. The number of thioether (sulfide) groups is 1. The van der Waals surface area contributed by atoms with Gasteiger partial charge in [-0.25, -0.2) is 9.38 Å². The average Bonchev–Trinajstić information content (AvgIpc) is 2.68. The van der Waals surface area contributed by atoms with E-state index >= 15 is 0 Å². The molecule has 3 aromatic carbocycles. The molecule has 0 saturated carbocycles. The lowest BCUT2D eigenvalue weighted by Gasteiger charge is -2.21. The van der Waals surface area contributed by atoms with Crippen LogP contribution in [-0.2, 0) is 0 Å². The second-order valence-corrected chi connectivity index (χ2v) is 15.2. The average molecular weight is 475 g/mol. The van der Waals surface area contributed by atoms with E-state index in [-0.39, 0.29) is 5.82 Å². The fraction of sp³-hybridized carbons (Fsp3) is 0.125. The van der Waals surface area contributed by atoms with E-state index in [2.05, 4.69) is 25.7 Å². The summed E-state index contributed by atoms with van der Waals surface area (Å²) in [6.45, 7) is 6.86. The molecular weight excluding hydrogens is 452 g/mol. The summed E-state index contributed by atoms with van der Waals surface area (Å²) in [6, 6.07) is 21.7. The largest absolute Gasteiger partial charge is 0.248 e. The minimum atomic E-state index is -1.72. The van der Waals surface area contributed by atoms with Crippen molar-refractivity contribution < 1.29 is 4.39 Å². The third-order valence-corrected chi connectivity index (χ3v) is 9.34. The highest BCUT2D eigenvalue weighted by atomic mass is 35.5. The van der Waals surface area contributed by atoms with Crippen molar-refractivity contribution in [1.29, 1.82) is 0 Å². The Bertz CT molecular complexity index is 1070. The molecule has 3 rings (SSSR count). The van der Waals surface area contributed by atoms with Gasteiger partial charge in [0.25, 0.3) is 0 Å². The summed E-state index contributed by atoms with van der Waals surface area (Å²) in [5, 5.41) is 1.32. The monoisotopic (exact) mass is 473 g/mol. The van der Waals surface area contributed by atoms with Gasteiger partial charge in [-0.15, -0.1) is 0 Å². The third-order valence-electron chi connectivity index (χ3n) is 4.25. The molecule has 0 saturated heterocycles. The molecule has 0 radical (unpaired) electrons. The Kier molecular flexibility index (Phi) is 7.58. The van der Waals surface area contributed by atoms with Crippen LogP contribution in [-0.4, -0.2) is 13.8 Å². The Morgan fingerprint density at radius 3 is 2.17 bits per heavy atom. The lowest BCUT2D eigenvalue weighted by atomic mass is 10.1. The second kappa shape index (κ2) is 9.97. The maximum Gasteiger partial charge on any atom is 0.123 e. The van der Waals surface area contributed by atoms with Gasteiger partial charge in [0.15, 0.2) is 0 Å². The van der Waals surface area contributed by atoms with Crippen LogP contribution in [0.15, 0.2) is 93.3 Å². The second-order valence-electron chi connectivity index (χ2n) is 7.80. The normalized spacial score (nSPS) is 12.9. The van der Waals surface area contributed by atoms with Crippen LogP contribution in [0.5, 0.6) is 0 Å². The molecule has 1 nitrogen and oxygen atoms in total. The SMILES string of the molecule is C[Si](C)(C)/C(=C/C(=Nc1cccc(Cl)c1)c1ccc(Cl)cc1)Sc1ccc(F)cc1. The minimum Gasteiger partial charge on any atom is -0.248 e. The molecule has 30 heavy (non-hydrogen) atoms. The van der Waals surface area contributed by atoms with Gasteiger partial charge in [-0.05, 0) is 65.2 Å². The van der Waals surface area contributed by atoms with Crippen LogP contribution < -0.4 is 0 Å². The fourth-order valence-electron chi connectivity index (χ4n) is 2.64. The van der Waals surface area contributed by atoms with E-state index in [1.807, 2.05) is 60.7 Å². The zero-order valence-corrected chi connectivity index (χ0v) is 20.3. The van der Waals surface area contributed by atoms with Crippen molar-refractivity contribution in [3.8, 4) is 0 Å². The molecule has 3 aromatic rings. The molecule has 0 aromatic heterocycles. The van der Waals surface area contributed by atoms with Crippen molar-refractivity contribution in [2.45, 2.75) is 24.5 Å². The predicted octanol–water partition coefficient (Wildman–Crippen LogP) is 8.81. The lowest BCUT2D eigenvalue weighted by molar-refractivity contribution is 0.626. The molecule has 0 aliphatic heterocycles. The Hall–Kier alpha value is -1.85. The van der Waals surface area contributed by atoms with Crippen LogP contribution in [0.25, 0.3) is 0 Å². The van der Waals surface area contributed by atoms with Gasteiger partial charge in [0, 0.05) is 20.5 Å². The van der Waals surface area contributed by atoms with E-state index in [9.17, 15) is 4.39 Å². The van der Waals surface area contributed by atoms with E-state index in [1.54, 1.807) is 11.8 Å². The number of benzene rings is 3. The maximum absolute atomic E-state index is 13.3. The van der Waals surface area contributed by atoms with Crippen molar-refractivity contribution >= 4 is 54.4 Å². The van der Waals surface area contributed by atoms with Crippen LogP contribution in [0.1, 0.15) is 5.56 Å². The topological polar surface area (TPSA) is 12.4 Å². The fourth-order valence-corrected chi connectivity index (χ4v) is 5.79. The molecule has 154 valence electrons. The predicted molar refractivity (Wildman–Crippen MR) is 133 cm³/mol. The van der Waals surface area contributed by atoms with Gasteiger partial charge in [0.05, 0.1) is 19.5 Å². The number of nitrogens with zero attached hydrogens (tertiary/aromatic N) is 1. The van der Waals surface area contributed by atoms with E-state index < -0.39 is 8.07 Å². The van der Waals surface area contributed by atoms with Gasteiger partial charge in [0.1, 0.15) is 5.82 Å². The molecule has 0 fully saturated rings. The molecule has 0 unspecified atom stereocenters. The van der Waals surface area contributed by atoms with E-state index in [0.717, 1.165) is 21.9 Å². The molecule has 0 heterocycles. The molecule has 0 spiro atoms. The first-order chi connectivity index (χ1) is 14.2. The molecule has 0 aliphatic carbocycles. The quantitative estimate of drug-likeness (QED) is 0.198. The van der Waals surface area contributed by atoms with Crippen molar-refractivity contribution in [2.24, 2.45) is 4.99 Å². The summed E-state index contributed by atoms with van der Waals surface area (Å²) in [5.74, 6) is -0.234. The highest BCUT2D eigenvalue weighted by Gasteiger charge is 2.22. The molecule has 6 heteroatoms. The smallest absolute Gasteiger partial charge is 0.123 e. The number of aliphatic imine (C=N–C) groups is 1. The van der Waals surface area contributed by atoms with Gasteiger partial charge in [-0.1, -0.05) is 72.8 Å². The van der Waals surface area contributed by atoms with Crippen LogP contribution in [0.2, 0.25) is 29.7 Å². The molecule has 0 bridgehead atoms. The summed E-state index contributed by atoms with van der Waals surface area (Å²) in [7, 11) is -1.72. The summed E-state index contributed by atoms with van der Waals surface area (Å²) in [5.41, 5.74) is 2.58. The Morgan fingerprint density at radius 2 is 1.57 bits per heavy atom.